The van der Waals surface area contributed by atoms with Crippen LogP contribution in [0.4, 0.5) is 5.69 Å². The van der Waals surface area contributed by atoms with Gasteiger partial charge in [0, 0.05) is 0 Å². The summed E-state index contributed by atoms with van der Waals surface area (Å²) in [4.78, 5) is 17.2. The molecule has 2 N–H and O–H groups in total. The molecule has 3 aromatic carbocycles. The Balaban J connectivity index is 1.61. The van der Waals surface area contributed by atoms with Crippen molar-refractivity contribution in [2.75, 3.05) is 16.6 Å². The Morgan fingerprint density at radius 3 is 2.44 bits per heavy atom. The van der Waals surface area contributed by atoms with Gasteiger partial charge in [-0.3, -0.25) is 4.31 Å². The third-order valence-corrected chi connectivity index (χ3v) is 8.57. The predicted molar refractivity (Wildman–Crippen MR) is 121 cm³/mol. The summed E-state index contributed by atoms with van der Waals surface area (Å²) >= 11 is -1.32. The maximum absolute atomic E-state index is 13.5. The van der Waals surface area contributed by atoms with E-state index in [-0.39, 0.29) is 17.2 Å². The topological polar surface area (TPSA) is 133 Å². The fraction of sp³-hybridized carbons (Fsp3) is 0.0909. The summed E-state index contributed by atoms with van der Waals surface area (Å²) in [5.41, 5.74) is 2.93. The lowest BCUT2D eigenvalue weighted by atomic mass is 10.0. The van der Waals surface area contributed by atoms with Gasteiger partial charge in [0.1, 0.15) is 11.4 Å². The zero-order valence-corrected chi connectivity index (χ0v) is 18.2. The van der Waals surface area contributed by atoms with Crippen molar-refractivity contribution in [3.8, 4) is 17.2 Å². The van der Waals surface area contributed by atoms with Crippen LogP contribution in [-0.2, 0) is 21.2 Å². The number of nitriles is 1. The van der Waals surface area contributed by atoms with Gasteiger partial charge < -0.3 is 14.5 Å². The van der Waals surface area contributed by atoms with Crippen LogP contribution in [0.25, 0.3) is 22.2 Å². The van der Waals surface area contributed by atoms with Crippen LogP contribution in [0.5, 0.6) is 0 Å². The zero-order valence-electron chi connectivity index (χ0n) is 16.5. The standard InChI is InChI=1S/C22H16N4O4S2/c23-13-14-1-3-15(4-2-14)16-5-8-21-20(11-16)26(9-10-31(21)28)32(29,30)17-6-7-18-19(12-17)25-22(27)24-18/h1-8,11-12H,9-10H2,(H2,24,25,27). The van der Waals surface area contributed by atoms with Crippen LogP contribution < -0.4 is 9.99 Å². The number of aromatic nitrogens is 2. The molecule has 0 saturated carbocycles. The molecule has 4 aromatic rings. The molecule has 0 spiro atoms. The van der Waals surface area contributed by atoms with Crippen molar-refractivity contribution < 1.29 is 13.0 Å². The quantitative estimate of drug-likeness (QED) is 0.450. The smallest absolute Gasteiger partial charge is 0.323 e. The Bertz CT molecular complexity index is 1550. The third-order valence-electron chi connectivity index (χ3n) is 5.38. The number of hydrogen-bond acceptors (Lipinski definition) is 5. The fourth-order valence-electron chi connectivity index (χ4n) is 3.77. The first-order valence-corrected chi connectivity index (χ1v) is 12.4. The summed E-state index contributed by atoms with van der Waals surface area (Å²) in [7, 11) is -3.97. The number of fused-ring (bicyclic) bond motifs is 2. The number of nitrogens with zero attached hydrogens (tertiary/aromatic N) is 2. The Labute approximate surface area is 186 Å². The molecule has 0 bridgehead atoms. The van der Waals surface area contributed by atoms with Crippen LogP contribution in [0.1, 0.15) is 5.56 Å². The second-order valence-electron chi connectivity index (χ2n) is 7.28. The van der Waals surface area contributed by atoms with Gasteiger partial charge in [0.05, 0.1) is 34.1 Å². The molecule has 1 aliphatic heterocycles. The first-order valence-electron chi connectivity index (χ1n) is 9.64. The van der Waals surface area contributed by atoms with E-state index < -0.39 is 26.9 Å². The van der Waals surface area contributed by atoms with Crippen molar-refractivity contribution in [2.45, 2.75) is 9.79 Å². The van der Waals surface area contributed by atoms with Gasteiger partial charge in [0.2, 0.25) is 0 Å². The molecule has 0 amide bonds. The molecule has 160 valence electrons. The molecule has 1 aromatic heterocycles. The first-order chi connectivity index (χ1) is 15.4. The van der Waals surface area contributed by atoms with Crippen LogP contribution in [0.2, 0.25) is 0 Å². The van der Waals surface area contributed by atoms with E-state index in [1.54, 1.807) is 42.5 Å². The van der Waals surface area contributed by atoms with Gasteiger partial charge in [0.15, 0.2) is 4.90 Å². The minimum atomic E-state index is -3.97. The van der Waals surface area contributed by atoms with E-state index >= 15 is 0 Å². The fourth-order valence-corrected chi connectivity index (χ4v) is 6.63. The molecular formula is C22H16N4O4S2. The summed E-state index contributed by atoms with van der Waals surface area (Å²) in [6, 6.07) is 18.6. The first kappa shape index (κ1) is 20.4. The molecule has 1 atom stereocenters. The molecule has 10 heteroatoms. The van der Waals surface area contributed by atoms with E-state index in [2.05, 4.69) is 16.0 Å². The minimum absolute atomic E-state index is 0.0302. The lowest BCUT2D eigenvalue weighted by molar-refractivity contribution is 0.583. The average Bonchev–Trinajstić information content (AvgIpc) is 3.18. The molecule has 0 radical (unpaired) electrons. The van der Waals surface area contributed by atoms with Crippen molar-refractivity contribution in [3.63, 3.8) is 0 Å². The summed E-state index contributed by atoms with van der Waals surface area (Å²) in [5, 5.41) is 9.01. The molecule has 0 fully saturated rings. The van der Waals surface area contributed by atoms with Crippen molar-refractivity contribution in [1.29, 1.82) is 5.26 Å². The highest BCUT2D eigenvalue weighted by Crippen LogP contribution is 2.37. The van der Waals surface area contributed by atoms with E-state index in [9.17, 15) is 17.8 Å². The van der Waals surface area contributed by atoms with E-state index in [0.717, 1.165) is 11.1 Å². The summed E-state index contributed by atoms with van der Waals surface area (Å²) < 4.78 is 40.9. The number of nitrogens with one attached hydrogen (secondary N) is 2. The molecule has 8 nitrogen and oxygen atoms in total. The number of imidazole rings is 1. The summed E-state index contributed by atoms with van der Waals surface area (Å²) in [5.74, 6) is 0.186. The lowest BCUT2D eigenvalue weighted by Gasteiger charge is -2.31. The Hall–Kier alpha value is -3.52. The van der Waals surface area contributed by atoms with Crippen LogP contribution in [-0.4, -0.2) is 35.2 Å². The number of benzene rings is 3. The number of sulfonamides is 1. The van der Waals surface area contributed by atoms with Crippen molar-refractivity contribution >= 4 is 37.9 Å². The largest absolute Gasteiger partial charge is 0.611 e. The summed E-state index contributed by atoms with van der Waals surface area (Å²) in [6.07, 6.45) is 0. The lowest BCUT2D eigenvalue weighted by Crippen LogP contribution is -2.39. The van der Waals surface area contributed by atoms with Gasteiger partial charge in [-0.25, -0.2) is 13.2 Å². The normalized spacial score (nSPS) is 16.0. The second-order valence-corrected chi connectivity index (χ2v) is 10.7. The molecule has 1 aliphatic rings. The van der Waals surface area contributed by atoms with Gasteiger partial charge in [0.25, 0.3) is 10.0 Å². The Morgan fingerprint density at radius 2 is 1.69 bits per heavy atom. The van der Waals surface area contributed by atoms with Crippen LogP contribution in [0.3, 0.4) is 0 Å². The number of hydrogen-bond donors (Lipinski definition) is 2. The van der Waals surface area contributed by atoms with Gasteiger partial charge >= 0.3 is 5.69 Å². The number of H-pyrrole nitrogens is 2. The van der Waals surface area contributed by atoms with E-state index in [4.69, 9.17) is 5.26 Å². The van der Waals surface area contributed by atoms with Crippen LogP contribution in [0, 0.1) is 11.3 Å². The molecule has 2 heterocycles. The molecule has 1 unspecified atom stereocenters. The molecular weight excluding hydrogens is 448 g/mol. The van der Waals surface area contributed by atoms with Gasteiger partial charge in [-0.15, -0.1) is 0 Å². The van der Waals surface area contributed by atoms with E-state index in [0.29, 0.717) is 27.2 Å². The maximum atomic E-state index is 13.5. The van der Waals surface area contributed by atoms with Gasteiger partial charge in [-0.2, -0.15) is 5.26 Å². The Kier molecular flexibility index (Phi) is 4.82. The summed E-state index contributed by atoms with van der Waals surface area (Å²) in [6.45, 7) is 0.0699. The third kappa shape index (κ3) is 3.36. The molecule has 0 aliphatic carbocycles. The Morgan fingerprint density at radius 1 is 0.969 bits per heavy atom. The van der Waals surface area contributed by atoms with Crippen molar-refractivity contribution in [1.82, 2.24) is 9.97 Å². The van der Waals surface area contributed by atoms with E-state index in [1.807, 2.05) is 0 Å². The van der Waals surface area contributed by atoms with Crippen molar-refractivity contribution in [3.05, 3.63) is 76.7 Å². The number of anilines is 1. The minimum Gasteiger partial charge on any atom is -0.611 e. The average molecular weight is 465 g/mol. The zero-order chi connectivity index (χ0) is 22.5. The van der Waals surface area contributed by atoms with Gasteiger partial charge in [-0.05, 0) is 70.8 Å². The van der Waals surface area contributed by atoms with Crippen molar-refractivity contribution in [2.24, 2.45) is 0 Å². The van der Waals surface area contributed by atoms with Gasteiger partial charge in [-0.1, -0.05) is 12.1 Å². The monoisotopic (exact) mass is 464 g/mol. The number of rotatable bonds is 3. The predicted octanol–water partition coefficient (Wildman–Crippen LogP) is 2.71. The highest BCUT2D eigenvalue weighted by Gasteiger charge is 2.35. The molecule has 5 rings (SSSR count). The SMILES string of the molecule is N#Cc1ccc(-c2ccc3c(c2)N(S(=O)(=O)c2ccc4[nH]c(=O)[nH]c4c2)CC[S+]3[O-])cc1. The highest BCUT2D eigenvalue weighted by molar-refractivity contribution is 7.94. The molecule has 32 heavy (non-hydrogen) atoms. The van der Waals surface area contributed by atoms with Crippen LogP contribution in [0.15, 0.2) is 75.2 Å². The number of aromatic amines is 2. The van der Waals surface area contributed by atoms with Crippen LogP contribution >= 0.6 is 0 Å². The molecule has 0 saturated heterocycles. The maximum Gasteiger partial charge on any atom is 0.323 e. The highest BCUT2D eigenvalue weighted by atomic mass is 32.2. The second kappa shape index (κ2) is 7.56. The van der Waals surface area contributed by atoms with E-state index in [1.165, 1.54) is 22.5 Å².